The van der Waals surface area contributed by atoms with E-state index in [0.717, 1.165) is 24.0 Å². The first kappa shape index (κ1) is 22.2. The molecule has 1 atom stereocenters. The highest BCUT2D eigenvalue weighted by Crippen LogP contribution is 2.36. The van der Waals surface area contributed by atoms with Gasteiger partial charge in [-0.1, -0.05) is 6.07 Å². The lowest BCUT2D eigenvalue weighted by atomic mass is 10.00. The predicted octanol–water partition coefficient (Wildman–Crippen LogP) is 4.74. The Bertz CT molecular complexity index is 659. The average molecular weight is 417 g/mol. The van der Waals surface area contributed by atoms with Crippen molar-refractivity contribution in [1.29, 1.82) is 0 Å². The van der Waals surface area contributed by atoms with Gasteiger partial charge in [0.2, 0.25) is 0 Å². The number of piperazine rings is 1. The van der Waals surface area contributed by atoms with Crippen molar-refractivity contribution in [2.24, 2.45) is 0 Å². The monoisotopic (exact) mass is 416 g/mol. The van der Waals surface area contributed by atoms with Crippen LogP contribution in [0.5, 0.6) is 0 Å². The Kier molecular flexibility index (Phi) is 8.15. The van der Waals surface area contributed by atoms with Gasteiger partial charge in [-0.2, -0.15) is 13.2 Å². The summed E-state index contributed by atoms with van der Waals surface area (Å²) in [5.41, 5.74) is -0.592. The SMILES string of the molecule is Cl.Cl.Fc1cc([C@H](c2cccs2)N2CCNCC2)cc(C(F)(F)F)c1. The average Bonchev–Trinajstić information content (AvgIpc) is 3.01. The van der Waals surface area contributed by atoms with Gasteiger partial charge in [0.05, 0.1) is 11.6 Å². The number of halogens is 6. The van der Waals surface area contributed by atoms with Crippen molar-refractivity contribution < 1.29 is 17.6 Å². The number of hydrogen-bond acceptors (Lipinski definition) is 3. The molecule has 1 aromatic carbocycles. The molecule has 0 amide bonds. The van der Waals surface area contributed by atoms with E-state index >= 15 is 0 Å². The van der Waals surface area contributed by atoms with Gasteiger partial charge in [0.25, 0.3) is 0 Å². The number of nitrogens with zero attached hydrogens (tertiary/aromatic N) is 1. The van der Waals surface area contributed by atoms with Gasteiger partial charge in [0.15, 0.2) is 0 Å². The van der Waals surface area contributed by atoms with Gasteiger partial charge in [-0.25, -0.2) is 4.39 Å². The van der Waals surface area contributed by atoms with Crippen molar-refractivity contribution in [3.63, 3.8) is 0 Å². The minimum absolute atomic E-state index is 0. The van der Waals surface area contributed by atoms with Crippen LogP contribution in [-0.2, 0) is 6.18 Å². The van der Waals surface area contributed by atoms with Gasteiger partial charge in [-0.3, -0.25) is 4.90 Å². The molecular weight excluding hydrogens is 399 g/mol. The molecule has 1 fully saturated rings. The van der Waals surface area contributed by atoms with E-state index in [9.17, 15) is 17.6 Å². The van der Waals surface area contributed by atoms with E-state index in [4.69, 9.17) is 0 Å². The minimum Gasteiger partial charge on any atom is -0.314 e. The topological polar surface area (TPSA) is 15.3 Å². The van der Waals surface area contributed by atoms with Crippen LogP contribution in [0.25, 0.3) is 0 Å². The number of rotatable bonds is 3. The molecule has 2 aromatic rings. The summed E-state index contributed by atoms with van der Waals surface area (Å²) in [6, 6.07) is 6.22. The summed E-state index contributed by atoms with van der Waals surface area (Å²) in [7, 11) is 0. The third-order valence-corrected chi connectivity index (χ3v) is 4.82. The fourth-order valence-corrected chi connectivity index (χ4v) is 3.76. The minimum atomic E-state index is -4.56. The van der Waals surface area contributed by atoms with Crippen molar-refractivity contribution in [3.8, 4) is 0 Å². The smallest absolute Gasteiger partial charge is 0.314 e. The molecule has 3 rings (SSSR count). The summed E-state index contributed by atoms with van der Waals surface area (Å²) >= 11 is 1.47. The summed E-state index contributed by atoms with van der Waals surface area (Å²) < 4.78 is 52.8. The Morgan fingerprint density at radius 3 is 2.32 bits per heavy atom. The van der Waals surface area contributed by atoms with Crippen LogP contribution in [0, 0.1) is 5.82 Å². The second-order valence-corrected chi connectivity index (χ2v) is 6.45. The van der Waals surface area contributed by atoms with E-state index in [-0.39, 0.29) is 30.9 Å². The van der Waals surface area contributed by atoms with Crippen LogP contribution in [0.1, 0.15) is 22.0 Å². The second-order valence-electron chi connectivity index (χ2n) is 5.47. The first-order valence-electron chi connectivity index (χ1n) is 7.31. The molecule has 0 unspecified atom stereocenters. The maximum atomic E-state index is 13.8. The van der Waals surface area contributed by atoms with Crippen LogP contribution < -0.4 is 5.32 Å². The van der Waals surface area contributed by atoms with Crippen molar-refractivity contribution >= 4 is 36.2 Å². The highest BCUT2D eigenvalue weighted by Gasteiger charge is 2.33. The largest absolute Gasteiger partial charge is 0.416 e. The lowest BCUT2D eigenvalue weighted by Gasteiger charge is -2.35. The number of alkyl halides is 3. The Hall–Kier alpha value is -0.860. The molecule has 1 aliphatic heterocycles. The van der Waals surface area contributed by atoms with Crippen LogP contribution >= 0.6 is 36.2 Å². The molecule has 140 valence electrons. The molecule has 0 saturated carbocycles. The first-order valence-corrected chi connectivity index (χ1v) is 8.19. The summed E-state index contributed by atoms with van der Waals surface area (Å²) in [6.07, 6.45) is -4.56. The predicted molar refractivity (Wildman–Crippen MR) is 96.5 cm³/mol. The van der Waals surface area contributed by atoms with Gasteiger partial charge in [-0.05, 0) is 35.2 Å². The van der Waals surface area contributed by atoms with Crippen molar-refractivity contribution in [2.45, 2.75) is 12.2 Å². The van der Waals surface area contributed by atoms with Crippen molar-refractivity contribution in [3.05, 3.63) is 57.5 Å². The molecule has 0 bridgehead atoms. The maximum Gasteiger partial charge on any atom is 0.416 e. The molecule has 9 heteroatoms. The Labute approximate surface area is 160 Å². The van der Waals surface area contributed by atoms with Crippen molar-refractivity contribution in [2.75, 3.05) is 26.2 Å². The Morgan fingerprint density at radius 2 is 1.76 bits per heavy atom. The van der Waals surface area contributed by atoms with E-state index < -0.39 is 17.6 Å². The number of benzene rings is 1. The zero-order valence-electron chi connectivity index (χ0n) is 13.1. The Balaban J connectivity index is 0.00000156. The first-order chi connectivity index (χ1) is 10.9. The molecular formula is C16H18Cl2F4N2S. The molecule has 0 spiro atoms. The molecule has 2 heterocycles. The van der Waals surface area contributed by atoms with Crippen LogP contribution in [-0.4, -0.2) is 31.1 Å². The molecule has 1 aliphatic rings. The van der Waals surface area contributed by atoms with E-state index in [1.807, 2.05) is 17.5 Å². The normalized spacial score (nSPS) is 16.6. The lowest BCUT2D eigenvalue weighted by molar-refractivity contribution is -0.137. The van der Waals surface area contributed by atoms with Crippen LogP contribution in [0.15, 0.2) is 35.7 Å². The van der Waals surface area contributed by atoms with Crippen molar-refractivity contribution in [1.82, 2.24) is 10.2 Å². The zero-order chi connectivity index (χ0) is 16.4. The standard InChI is InChI=1S/C16H16F4N2S.2ClH/c17-13-9-11(8-12(10-13)16(18,19)20)15(14-2-1-7-23-14)22-5-3-21-4-6-22;;/h1-2,7-10,15,21H,3-6H2;2*1H/t15-;;/m1../s1. The summed E-state index contributed by atoms with van der Waals surface area (Å²) in [6.45, 7) is 2.95. The van der Waals surface area contributed by atoms with E-state index in [1.54, 1.807) is 0 Å². The molecule has 1 saturated heterocycles. The molecule has 0 radical (unpaired) electrons. The van der Waals surface area contributed by atoms with Crippen LogP contribution in [0.2, 0.25) is 0 Å². The zero-order valence-corrected chi connectivity index (χ0v) is 15.5. The maximum absolute atomic E-state index is 13.8. The number of hydrogen-bond donors (Lipinski definition) is 1. The highest BCUT2D eigenvalue weighted by atomic mass is 35.5. The van der Waals surface area contributed by atoms with E-state index in [2.05, 4.69) is 10.2 Å². The summed E-state index contributed by atoms with van der Waals surface area (Å²) in [5, 5.41) is 5.10. The number of nitrogens with one attached hydrogen (secondary N) is 1. The van der Waals surface area contributed by atoms with E-state index in [1.165, 1.54) is 17.4 Å². The second kappa shape index (κ2) is 9.19. The highest BCUT2D eigenvalue weighted by molar-refractivity contribution is 7.10. The summed E-state index contributed by atoms with van der Waals surface area (Å²) in [4.78, 5) is 3.02. The molecule has 1 N–H and O–H groups in total. The van der Waals surface area contributed by atoms with Crippen LogP contribution in [0.4, 0.5) is 17.6 Å². The van der Waals surface area contributed by atoms with Gasteiger partial charge in [-0.15, -0.1) is 36.2 Å². The summed E-state index contributed by atoms with van der Waals surface area (Å²) in [5.74, 6) is -0.855. The van der Waals surface area contributed by atoms with E-state index in [0.29, 0.717) is 24.7 Å². The fourth-order valence-electron chi connectivity index (χ4n) is 2.88. The third kappa shape index (κ3) is 5.31. The number of thiophene rings is 1. The quantitative estimate of drug-likeness (QED) is 0.726. The third-order valence-electron chi connectivity index (χ3n) is 3.89. The van der Waals surface area contributed by atoms with Crippen LogP contribution in [0.3, 0.4) is 0 Å². The molecule has 2 nitrogen and oxygen atoms in total. The van der Waals surface area contributed by atoms with Gasteiger partial charge >= 0.3 is 6.18 Å². The molecule has 25 heavy (non-hydrogen) atoms. The van der Waals surface area contributed by atoms with Gasteiger partial charge in [0, 0.05) is 31.1 Å². The fraction of sp³-hybridized carbons (Fsp3) is 0.375. The lowest BCUT2D eigenvalue weighted by Crippen LogP contribution is -2.45. The molecule has 1 aromatic heterocycles. The van der Waals surface area contributed by atoms with Gasteiger partial charge < -0.3 is 5.32 Å². The molecule has 0 aliphatic carbocycles. The van der Waals surface area contributed by atoms with Gasteiger partial charge in [0.1, 0.15) is 5.82 Å². The Morgan fingerprint density at radius 1 is 1.08 bits per heavy atom.